The normalized spacial score (nSPS) is 20.5. The number of aromatic hydroxyl groups is 1. The molecule has 1 aromatic carbocycles. The summed E-state index contributed by atoms with van der Waals surface area (Å²) in [5.74, 6) is 1.21. The monoisotopic (exact) mass is 356 g/mol. The lowest BCUT2D eigenvalue weighted by atomic mass is 9.97. The second-order valence-electron chi connectivity index (χ2n) is 7.28. The number of rotatable bonds is 6. The second kappa shape index (κ2) is 8.41. The third-order valence-corrected chi connectivity index (χ3v) is 5.19. The maximum atomic E-state index is 13.0. The zero-order chi connectivity index (χ0) is 18.5. The summed E-state index contributed by atoms with van der Waals surface area (Å²) >= 11 is 0. The summed E-state index contributed by atoms with van der Waals surface area (Å²) < 4.78 is 5.47. The number of phenolic OH excluding ortho intramolecular Hbond substituents is 1. The van der Waals surface area contributed by atoms with E-state index in [9.17, 15) is 9.90 Å². The summed E-state index contributed by atoms with van der Waals surface area (Å²) in [6.07, 6.45) is 4.95. The molecule has 140 valence electrons. The van der Waals surface area contributed by atoms with E-state index < -0.39 is 0 Å². The average molecular weight is 356 g/mol. The summed E-state index contributed by atoms with van der Waals surface area (Å²) in [6, 6.07) is 11.6. The van der Waals surface area contributed by atoms with Gasteiger partial charge in [0.2, 0.25) is 5.91 Å². The van der Waals surface area contributed by atoms with Crippen LogP contribution in [0, 0.1) is 0 Å². The Balaban J connectivity index is 1.74. The van der Waals surface area contributed by atoms with Gasteiger partial charge in [-0.05, 0) is 51.3 Å². The average Bonchev–Trinajstić information content (AvgIpc) is 3.09. The Morgan fingerprint density at radius 3 is 2.54 bits per heavy atom. The standard InChI is InChI=1S/C21H28N2O3/c1-16-7-5-8-17(2)23(16)21(25)15-22(14-19-10-6-12-26-19)13-18-9-3-4-11-20(18)24/h3-4,6,9-12,16-17,24H,5,7-8,13-15H2,1-2H3. The van der Waals surface area contributed by atoms with E-state index >= 15 is 0 Å². The zero-order valence-corrected chi connectivity index (χ0v) is 15.6. The molecule has 2 unspecified atom stereocenters. The van der Waals surface area contributed by atoms with Crippen molar-refractivity contribution in [1.82, 2.24) is 9.80 Å². The SMILES string of the molecule is CC1CCCC(C)N1C(=O)CN(Cc1ccco1)Cc1ccccc1O. The van der Waals surface area contributed by atoms with E-state index in [-0.39, 0.29) is 23.7 Å². The van der Waals surface area contributed by atoms with Crippen molar-refractivity contribution >= 4 is 5.91 Å². The van der Waals surface area contributed by atoms with Crippen molar-refractivity contribution in [3.63, 3.8) is 0 Å². The minimum Gasteiger partial charge on any atom is -0.508 e. The number of piperidine rings is 1. The molecule has 0 spiro atoms. The third kappa shape index (κ3) is 4.47. The Morgan fingerprint density at radius 2 is 1.88 bits per heavy atom. The van der Waals surface area contributed by atoms with Crippen molar-refractivity contribution in [2.75, 3.05) is 6.54 Å². The first-order valence-electron chi connectivity index (χ1n) is 9.37. The van der Waals surface area contributed by atoms with Crippen molar-refractivity contribution in [2.24, 2.45) is 0 Å². The number of phenols is 1. The Hall–Kier alpha value is -2.27. The molecular formula is C21H28N2O3. The number of hydrogen-bond acceptors (Lipinski definition) is 4. The number of para-hydroxylation sites is 1. The van der Waals surface area contributed by atoms with Gasteiger partial charge in [-0.2, -0.15) is 0 Å². The molecule has 5 heteroatoms. The van der Waals surface area contributed by atoms with E-state index in [1.54, 1.807) is 18.4 Å². The number of benzene rings is 1. The van der Waals surface area contributed by atoms with Gasteiger partial charge in [-0.3, -0.25) is 9.69 Å². The van der Waals surface area contributed by atoms with E-state index in [4.69, 9.17) is 4.42 Å². The largest absolute Gasteiger partial charge is 0.508 e. The highest BCUT2D eigenvalue weighted by molar-refractivity contribution is 5.79. The molecular weight excluding hydrogens is 328 g/mol. The predicted molar refractivity (Wildman–Crippen MR) is 101 cm³/mol. The Morgan fingerprint density at radius 1 is 1.15 bits per heavy atom. The topological polar surface area (TPSA) is 56.9 Å². The van der Waals surface area contributed by atoms with Gasteiger partial charge in [-0.25, -0.2) is 0 Å². The van der Waals surface area contributed by atoms with Crippen molar-refractivity contribution < 1.29 is 14.3 Å². The van der Waals surface area contributed by atoms with Gasteiger partial charge in [0.1, 0.15) is 11.5 Å². The fourth-order valence-corrected chi connectivity index (χ4v) is 3.86. The van der Waals surface area contributed by atoms with Crippen LogP contribution in [-0.4, -0.2) is 39.4 Å². The maximum Gasteiger partial charge on any atom is 0.237 e. The number of carbonyl (C=O) groups is 1. The quantitative estimate of drug-likeness (QED) is 0.856. The van der Waals surface area contributed by atoms with Gasteiger partial charge in [0.25, 0.3) is 0 Å². The van der Waals surface area contributed by atoms with Gasteiger partial charge in [-0.15, -0.1) is 0 Å². The lowest BCUT2D eigenvalue weighted by molar-refractivity contribution is -0.138. The molecule has 1 saturated heterocycles. The van der Waals surface area contributed by atoms with Crippen LogP contribution in [0.5, 0.6) is 5.75 Å². The predicted octanol–water partition coefficient (Wildman–Crippen LogP) is 3.78. The van der Waals surface area contributed by atoms with Crippen molar-refractivity contribution in [3.8, 4) is 5.75 Å². The molecule has 2 atom stereocenters. The summed E-state index contributed by atoms with van der Waals surface area (Å²) in [5.41, 5.74) is 0.812. The van der Waals surface area contributed by atoms with E-state index in [0.29, 0.717) is 19.6 Å². The number of hydrogen-bond donors (Lipinski definition) is 1. The van der Waals surface area contributed by atoms with Crippen LogP contribution in [0.25, 0.3) is 0 Å². The Kier molecular flexibility index (Phi) is 5.99. The fourth-order valence-electron chi connectivity index (χ4n) is 3.86. The van der Waals surface area contributed by atoms with Gasteiger partial charge < -0.3 is 14.4 Å². The smallest absolute Gasteiger partial charge is 0.237 e. The van der Waals surface area contributed by atoms with Crippen molar-refractivity contribution in [2.45, 2.75) is 58.3 Å². The minimum absolute atomic E-state index is 0.145. The molecule has 1 aliphatic heterocycles. The zero-order valence-electron chi connectivity index (χ0n) is 15.6. The first kappa shape index (κ1) is 18.5. The summed E-state index contributed by atoms with van der Waals surface area (Å²) in [5, 5.41) is 10.1. The molecule has 1 aliphatic rings. The molecule has 2 aromatic rings. The van der Waals surface area contributed by atoms with Gasteiger partial charge in [0.05, 0.1) is 19.4 Å². The fraction of sp³-hybridized carbons (Fsp3) is 0.476. The number of nitrogens with zero attached hydrogens (tertiary/aromatic N) is 2. The van der Waals surface area contributed by atoms with Gasteiger partial charge in [0.15, 0.2) is 0 Å². The molecule has 1 N–H and O–H groups in total. The van der Waals surface area contributed by atoms with E-state index in [1.165, 1.54) is 6.42 Å². The molecule has 1 aromatic heterocycles. The Bertz CT molecular complexity index is 704. The van der Waals surface area contributed by atoms with Crippen molar-refractivity contribution in [1.29, 1.82) is 0 Å². The summed E-state index contributed by atoms with van der Waals surface area (Å²) in [6.45, 7) is 5.60. The van der Waals surface area contributed by atoms with E-state index in [1.807, 2.05) is 34.1 Å². The molecule has 3 rings (SSSR count). The van der Waals surface area contributed by atoms with Crippen molar-refractivity contribution in [3.05, 3.63) is 54.0 Å². The molecule has 0 radical (unpaired) electrons. The van der Waals surface area contributed by atoms with Crippen LogP contribution in [-0.2, 0) is 17.9 Å². The second-order valence-corrected chi connectivity index (χ2v) is 7.28. The lowest BCUT2D eigenvalue weighted by Crippen LogP contribution is -2.50. The number of likely N-dealkylation sites (tertiary alicyclic amines) is 1. The molecule has 0 aliphatic carbocycles. The van der Waals surface area contributed by atoms with Crippen LogP contribution in [0.3, 0.4) is 0 Å². The number of carbonyl (C=O) groups excluding carboxylic acids is 1. The number of amides is 1. The van der Waals surface area contributed by atoms with Crippen LogP contribution in [0.4, 0.5) is 0 Å². The molecule has 0 saturated carbocycles. The minimum atomic E-state index is 0.145. The van der Waals surface area contributed by atoms with Crippen LogP contribution < -0.4 is 0 Å². The van der Waals surface area contributed by atoms with Gasteiger partial charge in [-0.1, -0.05) is 18.2 Å². The molecule has 1 fully saturated rings. The van der Waals surface area contributed by atoms with E-state index in [0.717, 1.165) is 24.2 Å². The van der Waals surface area contributed by atoms with Crippen LogP contribution in [0.2, 0.25) is 0 Å². The molecule has 1 amide bonds. The van der Waals surface area contributed by atoms with Gasteiger partial charge in [0, 0.05) is 24.2 Å². The lowest BCUT2D eigenvalue weighted by Gasteiger charge is -2.40. The van der Waals surface area contributed by atoms with Crippen LogP contribution in [0.15, 0.2) is 47.1 Å². The van der Waals surface area contributed by atoms with Crippen LogP contribution in [0.1, 0.15) is 44.4 Å². The van der Waals surface area contributed by atoms with Crippen LogP contribution >= 0.6 is 0 Å². The molecule has 5 nitrogen and oxygen atoms in total. The molecule has 0 bridgehead atoms. The first-order chi connectivity index (χ1) is 12.5. The first-order valence-corrected chi connectivity index (χ1v) is 9.37. The van der Waals surface area contributed by atoms with E-state index in [2.05, 4.69) is 13.8 Å². The highest BCUT2D eigenvalue weighted by Gasteiger charge is 2.30. The Labute approximate surface area is 155 Å². The summed E-state index contributed by atoms with van der Waals surface area (Å²) in [4.78, 5) is 17.1. The third-order valence-electron chi connectivity index (χ3n) is 5.19. The van der Waals surface area contributed by atoms with Gasteiger partial charge >= 0.3 is 0 Å². The molecule has 26 heavy (non-hydrogen) atoms. The molecule has 2 heterocycles. The number of furan rings is 1. The maximum absolute atomic E-state index is 13.0. The highest BCUT2D eigenvalue weighted by Crippen LogP contribution is 2.24. The highest BCUT2D eigenvalue weighted by atomic mass is 16.3. The summed E-state index contributed by atoms with van der Waals surface area (Å²) in [7, 11) is 0.